The van der Waals surface area contributed by atoms with Crippen molar-refractivity contribution in [2.24, 2.45) is 0 Å². The van der Waals surface area contributed by atoms with E-state index in [0.717, 1.165) is 22.3 Å². The lowest BCUT2D eigenvalue weighted by Crippen LogP contribution is -2.32. The van der Waals surface area contributed by atoms with E-state index in [0.29, 0.717) is 18.7 Å². The number of nitrogens with zero attached hydrogens (tertiary/aromatic N) is 1. The summed E-state index contributed by atoms with van der Waals surface area (Å²) in [7, 11) is -3.62. The SMILES string of the molecule is CCN(CC)S(=O)(=O)c1ccc(C(=O)NCC(=O)OCC(=O)c2cc(C)c(C)c(C)c2C)cc1. The molecular formula is C25H32N2O6S. The summed E-state index contributed by atoms with van der Waals surface area (Å²) in [5.41, 5.74) is 4.69. The van der Waals surface area contributed by atoms with Crippen molar-refractivity contribution in [1.82, 2.24) is 9.62 Å². The fourth-order valence-electron chi connectivity index (χ4n) is 3.52. The normalized spacial score (nSPS) is 11.4. The van der Waals surface area contributed by atoms with E-state index in [4.69, 9.17) is 4.74 Å². The monoisotopic (exact) mass is 488 g/mol. The zero-order valence-corrected chi connectivity index (χ0v) is 21.3. The van der Waals surface area contributed by atoms with Crippen LogP contribution in [-0.2, 0) is 19.6 Å². The third-order valence-electron chi connectivity index (χ3n) is 6.00. The number of sulfonamides is 1. The van der Waals surface area contributed by atoms with Gasteiger partial charge in [-0.3, -0.25) is 14.4 Å². The fraction of sp³-hybridized carbons (Fsp3) is 0.400. The van der Waals surface area contributed by atoms with Crippen LogP contribution in [0.2, 0.25) is 0 Å². The summed E-state index contributed by atoms with van der Waals surface area (Å²) in [6, 6.07) is 7.26. The molecule has 0 aliphatic carbocycles. The Labute approximate surface area is 201 Å². The number of carbonyl (C=O) groups is 3. The number of nitrogens with one attached hydrogen (secondary N) is 1. The smallest absolute Gasteiger partial charge is 0.325 e. The van der Waals surface area contributed by atoms with Gasteiger partial charge in [-0.15, -0.1) is 0 Å². The zero-order chi connectivity index (χ0) is 25.6. The van der Waals surface area contributed by atoms with E-state index in [1.165, 1.54) is 28.6 Å². The van der Waals surface area contributed by atoms with Crippen molar-refractivity contribution in [1.29, 1.82) is 0 Å². The standard InChI is InChI=1S/C25H32N2O6S/c1-7-27(8-2)34(31,32)21-11-9-20(10-12-21)25(30)26-14-24(29)33-15-23(28)22-13-16(3)17(4)18(5)19(22)6/h9-13H,7-8,14-15H2,1-6H3,(H,26,30). The maximum absolute atomic E-state index is 12.5. The highest BCUT2D eigenvalue weighted by atomic mass is 32.2. The minimum atomic E-state index is -3.62. The first-order valence-electron chi connectivity index (χ1n) is 11.1. The second-order valence-corrected chi connectivity index (χ2v) is 9.93. The summed E-state index contributed by atoms with van der Waals surface area (Å²) in [6.45, 7) is 11.1. The fourth-order valence-corrected chi connectivity index (χ4v) is 4.98. The minimum Gasteiger partial charge on any atom is -0.456 e. The summed E-state index contributed by atoms with van der Waals surface area (Å²) >= 11 is 0. The van der Waals surface area contributed by atoms with E-state index in [1.54, 1.807) is 19.9 Å². The first kappa shape index (κ1) is 27.2. The van der Waals surface area contributed by atoms with Crippen molar-refractivity contribution in [2.75, 3.05) is 26.2 Å². The number of ether oxygens (including phenoxy) is 1. The van der Waals surface area contributed by atoms with Gasteiger partial charge in [0.15, 0.2) is 6.61 Å². The second-order valence-electron chi connectivity index (χ2n) is 8.00. The Morgan fingerprint density at radius 3 is 2.06 bits per heavy atom. The molecule has 1 amide bonds. The van der Waals surface area contributed by atoms with E-state index in [1.807, 2.05) is 27.7 Å². The molecule has 0 heterocycles. The molecule has 184 valence electrons. The zero-order valence-electron chi connectivity index (χ0n) is 20.5. The first-order chi connectivity index (χ1) is 15.9. The number of hydrogen-bond acceptors (Lipinski definition) is 6. The summed E-state index contributed by atoms with van der Waals surface area (Å²) < 4.78 is 31.4. The number of rotatable bonds is 10. The molecule has 2 aromatic rings. The Hall–Kier alpha value is -3.04. The van der Waals surface area contributed by atoms with Crippen LogP contribution in [0.3, 0.4) is 0 Å². The molecule has 2 aromatic carbocycles. The van der Waals surface area contributed by atoms with E-state index in [-0.39, 0.29) is 16.2 Å². The molecule has 0 aliphatic rings. The van der Waals surface area contributed by atoms with E-state index in [9.17, 15) is 22.8 Å². The molecule has 34 heavy (non-hydrogen) atoms. The molecule has 0 atom stereocenters. The van der Waals surface area contributed by atoms with Gasteiger partial charge >= 0.3 is 5.97 Å². The maximum atomic E-state index is 12.5. The van der Waals surface area contributed by atoms with Crippen molar-refractivity contribution in [3.8, 4) is 0 Å². The van der Waals surface area contributed by atoms with Crippen LogP contribution in [0.5, 0.6) is 0 Å². The summed E-state index contributed by atoms with van der Waals surface area (Å²) in [5, 5.41) is 2.42. The number of benzene rings is 2. The van der Waals surface area contributed by atoms with E-state index in [2.05, 4.69) is 5.32 Å². The van der Waals surface area contributed by atoms with Crippen LogP contribution < -0.4 is 5.32 Å². The quantitative estimate of drug-likeness (QED) is 0.407. The number of amides is 1. The number of esters is 1. The topological polar surface area (TPSA) is 110 Å². The molecule has 0 aromatic heterocycles. The lowest BCUT2D eigenvalue weighted by Gasteiger charge is -2.18. The minimum absolute atomic E-state index is 0.0857. The van der Waals surface area contributed by atoms with Crippen LogP contribution >= 0.6 is 0 Å². The molecule has 0 radical (unpaired) electrons. The van der Waals surface area contributed by atoms with Gasteiger partial charge in [-0.2, -0.15) is 4.31 Å². The number of hydrogen-bond donors (Lipinski definition) is 1. The molecule has 0 aliphatic heterocycles. The third-order valence-corrected chi connectivity index (χ3v) is 8.06. The Morgan fingerprint density at radius 1 is 0.912 bits per heavy atom. The average Bonchev–Trinajstić information content (AvgIpc) is 2.82. The lowest BCUT2D eigenvalue weighted by molar-refractivity contribution is -0.141. The Morgan fingerprint density at radius 2 is 1.50 bits per heavy atom. The van der Waals surface area contributed by atoms with Crippen LogP contribution in [0, 0.1) is 27.7 Å². The van der Waals surface area contributed by atoms with Gasteiger partial charge in [0.05, 0.1) is 4.90 Å². The first-order valence-corrected chi connectivity index (χ1v) is 12.5. The van der Waals surface area contributed by atoms with Crippen molar-refractivity contribution >= 4 is 27.7 Å². The second kappa shape index (κ2) is 11.4. The highest BCUT2D eigenvalue weighted by molar-refractivity contribution is 7.89. The van der Waals surface area contributed by atoms with Gasteiger partial charge in [-0.1, -0.05) is 13.8 Å². The molecule has 0 unspecified atom stereocenters. The number of carbonyl (C=O) groups excluding carboxylic acids is 3. The Bertz CT molecular complexity index is 1180. The third kappa shape index (κ3) is 6.09. The van der Waals surface area contributed by atoms with Crippen LogP contribution in [0.25, 0.3) is 0 Å². The van der Waals surface area contributed by atoms with Crippen LogP contribution in [-0.4, -0.2) is 56.6 Å². The molecule has 8 nitrogen and oxygen atoms in total. The summed E-state index contributed by atoms with van der Waals surface area (Å²) in [5.74, 6) is -1.62. The van der Waals surface area contributed by atoms with Gasteiger partial charge in [-0.25, -0.2) is 8.42 Å². The van der Waals surface area contributed by atoms with Crippen molar-refractivity contribution < 1.29 is 27.5 Å². The molecule has 0 fully saturated rings. The molecule has 9 heteroatoms. The van der Waals surface area contributed by atoms with Crippen LogP contribution in [0.4, 0.5) is 0 Å². The lowest BCUT2D eigenvalue weighted by atomic mass is 9.93. The molecule has 2 rings (SSSR count). The van der Waals surface area contributed by atoms with Crippen LogP contribution in [0.15, 0.2) is 35.2 Å². The van der Waals surface area contributed by atoms with Gasteiger partial charge in [0.1, 0.15) is 6.54 Å². The molecule has 0 bridgehead atoms. The molecular weight excluding hydrogens is 456 g/mol. The Balaban J connectivity index is 1.93. The molecule has 1 N–H and O–H groups in total. The van der Waals surface area contributed by atoms with Gasteiger partial charge in [0.2, 0.25) is 15.8 Å². The Kier molecular flexibility index (Phi) is 9.12. The maximum Gasteiger partial charge on any atom is 0.325 e. The van der Waals surface area contributed by atoms with Gasteiger partial charge in [0.25, 0.3) is 5.91 Å². The van der Waals surface area contributed by atoms with Crippen molar-refractivity contribution in [2.45, 2.75) is 46.4 Å². The molecule has 0 saturated carbocycles. The van der Waals surface area contributed by atoms with Crippen LogP contribution in [0.1, 0.15) is 56.8 Å². The highest BCUT2D eigenvalue weighted by Gasteiger charge is 2.22. The summed E-state index contributed by atoms with van der Waals surface area (Å²) in [6.07, 6.45) is 0. The largest absolute Gasteiger partial charge is 0.456 e. The number of ketones is 1. The highest BCUT2D eigenvalue weighted by Crippen LogP contribution is 2.21. The van der Waals surface area contributed by atoms with E-state index < -0.39 is 35.1 Å². The van der Waals surface area contributed by atoms with Gasteiger partial charge < -0.3 is 10.1 Å². The summed E-state index contributed by atoms with van der Waals surface area (Å²) in [4.78, 5) is 37.0. The molecule has 0 spiro atoms. The predicted molar refractivity (Wildman–Crippen MR) is 130 cm³/mol. The predicted octanol–water partition coefficient (Wildman–Crippen LogP) is 3.11. The van der Waals surface area contributed by atoms with Gasteiger partial charge in [0, 0.05) is 24.2 Å². The molecule has 0 saturated heterocycles. The van der Waals surface area contributed by atoms with Gasteiger partial charge in [-0.05, 0) is 80.3 Å². The van der Waals surface area contributed by atoms with Crippen molar-refractivity contribution in [3.63, 3.8) is 0 Å². The van der Waals surface area contributed by atoms with Crippen molar-refractivity contribution in [3.05, 3.63) is 63.7 Å². The van der Waals surface area contributed by atoms with E-state index >= 15 is 0 Å². The number of aryl methyl sites for hydroxylation is 1. The average molecular weight is 489 g/mol. The number of Topliss-reactive ketones (excluding diaryl/α,β-unsaturated/α-hetero) is 1.